The predicted octanol–water partition coefficient (Wildman–Crippen LogP) is 5.38. The quantitative estimate of drug-likeness (QED) is 0.563. The van der Waals surface area contributed by atoms with Gasteiger partial charge in [0.1, 0.15) is 18.1 Å². The van der Waals surface area contributed by atoms with E-state index in [0.717, 1.165) is 0 Å². The number of hydrogen-bond acceptors (Lipinski definition) is 4. The number of halogens is 2. The van der Waals surface area contributed by atoms with Crippen LogP contribution in [0.3, 0.4) is 0 Å². The zero-order valence-corrected chi connectivity index (χ0v) is 16.3. The van der Waals surface area contributed by atoms with Crippen LogP contribution in [0.2, 0.25) is 10.0 Å². The normalized spacial score (nSPS) is 10.4. The van der Waals surface area contributed by atoms with E-state index in [4.69, 9.17) is 32.4 Å². The minimum atomic E-state index is -0.400. The highest BCUT2D eigenvalue weighted by Gasteiger charge is 2.12. The van der Waals surface area contributed by atoms with Gasteiger partial charge in [-0.25, -0.2) is 0 Å². The summed E-state index contributed by atoms with van der Waals surface area (Å²) in [5, 5.41) is 6.28. The maximum Gasteiger partial charge on any atom is 0.291 e. The topological polar surface area (TPSA) is 80.6 Å². The van der Waals surface area contributed by atoms with Crippen LogP contribution in [0, 0.1) is 0 Å². The van der Waals surface area contributed by atoms with Gasteiger partial charge >= 0.3 is 0 Å². The molecule has 6 nitrogen and oxygen atoms in total. The Balaban J connectivity index is 1.58. The summed E-state index contributed by atoms with van der Waals surface area (Å²) in [6, 6.07) is 14.9. The first-order valence-electron chi connectivity index (χ1n) is 8.26. The maximum atomic E-state index is 12.3. The molecule has 0 spiro atoms. The van der Waals surface area contributed by atoms with E-state index in [2.05, 4.69) is 10.6 Å². The zero-order valence-electron chi connectivity index (χ0n) is 14.8. The van der Waals surface area contributed by atoms with Crippen LogP contribution in [-0.4, -0.2) is 11.8 Å². The van der Waals surface area contributed by atoms with Crippen LogP contribution in [0.25, 0.3) is 0 Å². The van der Waals surface area contributed by atoms with E-state index in [-0.39, 0.29) is 18.3 Å². The van der Waals surface area contributed by atoms with Gasteiger partial charge in [0.05, 0.1) is 5.02 Å². The fraction of sp³-hybridized carbons (Fsp3) is 0.100. The number of nitrogens with one attached hydrogen (secondary N) is 2. The van der Waals surface area contributed by atoms with Crippen molar-refractivity contribution in [1.29, 1.82) is 0 Å². The van der Waals surface area contributed by atoms with E-state index in [9.17, 15) is 9.59 Å². The molecule has 1 aromatic heterocycles. The summed E-state index contributed by atoms with van der Waals surface area (Å²) < 4.78 is 11.1. The third-order valence-corrected chi connectivity index (χ3v) is 4.14. The summed E-state index contributed by atoms with van der Waals surface area (Å²) in [6.45, 7) is 1.54. The molecule has 2 aromatic carbocycles. The van der Waals surface area contributed by atoms with Gasteiger partial charge in [-0.1, -0.05) is 23.2 Å². The molecule has 1 heterocycles. The van der Waals surface area contributed by atoms with Gasteiger partial charge < -0.3 is 19.8 Å². The first kappa shape index (κ1) is 19.8. The Hall–Kier alpha value is -2.96. The van der Waals surface area contributed by atoms with Crippen molar-refractivity contribution in [2.75, 3.05) is 10.6 Å². The maximum absolute atomic E-state index is 12.3. The van der Waals surface area contributed by atoms with E-state index < -0.39 is 5.91 Å². The molecule has 8 heteroatoms. The lowest BCUT2D eigenvalue weighted by Crippen LogP contribution is -2.11. The molecule has 2 N–H and O–H groups in total. The molecule has 0 unspecified atom stereocenters. The minimum Gasteiger partial charge on any atom is -0.484 e. The summed E-state index contributed by atoms with van der Waals surface area (Å²) in [5.74, 6) is 0.515. The molecule has 0 saturated heterocycles. The third-order valence-electron chi connectivity index (χ3n) is 3.61. The lowest BCUT2D eigenvalue weighted by atomic mass is 10.2. The van der Waals surface area contributed by atoms with Gasteiger partial charge in [-0.3, -0.25) is 9.59 Å². The average molecular weight is 419 g/mol. The number of benzene rings is 2. The SMILES string of the molecule is CC(=O)Nc1ccc(NC(=O)c2ccc(COc3ccc(Cl)cc3Cl)o2)cc1. The minimum absolute atomic E-state index is 0.111. The van der Waals surface area contributed by atoms with Gasteiger partial charge in [-0.05, 0) is 54.6 Å². The molecular formula is C20H16Cl2N2O4. The summed E-state index contributed by atoms with van der Waals surface area (Å²) in [6.07, 6.45) is 0. The van der Waals surface area contributed by atoms with Crippen LogP contribution in [-0.2, 0) is 11.4 Å². The third kappa shape index (κ3) is 5.28. The van der Waals surface area contributed by atoms with E-state index in [1.165, 1.54) is 6.92 Å². The van der Waals surface area contributed by atoms with Crippen molar-refractivity contribution < 1.29 is 18.7 Å². The molecular weight excluding hydrogens is 403 g/mol. The smallest absolute Gasteiger partial charge is 0.291 e. The van der Waals surface area contributed by atoms with Gasteiger partial charge in [-0.15, -0.1) is 0 Å². The van der Waals surface area contributed by atoms with Crippen molar-refractivity contribution >= 4 is 46.4 Å². The monoisotopic (exact) mass is 418 g/mol. The molecule has 0 radical (unpaired) electrons. The Bertz CT molecular complexity index is 1000. The second-order valence-corrected chi connectivity index (χ2v) is 6.69. The molecule has 0 atom stereocenters. The highest BCUT2D eigenvalue weighted by molar-refractivity contribution is 6.35. The number of carbonyl (C=O) groups excluding carboxylic acids is 2. The van der Waals surface area contributed by atoms with Gasteiger partial charge in [0.15, 0.2) is 5.76 Å². The molecule has 0 saturated carbocycles. The Morgan fingerprint density at radius 2 is 1.64 bits per heavy atom. The van der Waals surface area contributed by atoms with Gasteiger partial charge in [-0.2, -0.15) is 0 Å². The fourth-order valence-corrected chi connectivity index (χ4v) is 2.81. The molecule has 0 fully saturated rings. The van der Waals surface area contributed by atoms with E-state index in [0.29, 0.717) is 32.9 Å². The summed E-state index contributed by atoms with van der Waals surface area (Å²) in [4.78, 5) is 23.3. The van der Waals surface area contributed by atoms with E-state index in [1.54, 1.807) is 54.6 Å². The Labute approximate surface area is 171 Å². The molecule has 0 bridgehead atoms. The van der Waals surface area contributed by atoms with Gasteiger partial charge in [0.2, 0.25) is 5.91 Å². The number of amides is 2. The van der Waals surface area contributed by atoms with Gasteiger partial charge in [0.25, 0.3) is 5.91 Å². The van der Waals surface area contributed by atoms with Gasteiger partial charge in [0, 0.05) is 23.3 Å². The number of rotatable bonds is 6. The number of anilines is 2. The van der Waals surface area contributed by atoms with Crippen molar-refractivity contribution in [3.05, 3.63) is 76.2 Å². The molecule has 144 valence electrons. The molecule has 2 amide bonds. The Morgan fingerprint density at radius 3 is 2.29 bits per heavy atom. The highest BCUT2D eigenvalue weighted by Crippen LogP contribution is 2.28. The molecule has 0 aliphatic carbocycles. The number of hydrogen-bond donors (Lipinski definition) is 2. The highest BCUT2D eigenvalue weighted by atomic mass is 35.5. The predicted molar refractivity (Wildman–Crippen MR) is 108 cm³/mol. The summed E-state index contributed by atoms with van der Waals surface area (Å²) in [5.41, 5.74) is 1.21. The largest absolute Gasteiger partial charge is 0.484 e. The van der Waals surface area contributed by atoms with Crippen LogP contribution in [0.4, 0.5) is 11.4 Å². The molecule has 0 aliphatic heterocycles. The second-order valence-electron chi connectivity index (χ2n) is 5.84. The second kappa shape index (κ2) is 8.82. The van der Waals surface area contributed by atoms with Crippen molar-refractivity contribution in [2.45, 2.75) is 13.5 Å². The Kier molecular flexibility index (Phi) is 6.23. The fourth-order valence-electron chi connectivity index (χ4n) is 2.35. The number of carbonyl (C=O) groups is 2. The van der Waals surface area contributed by atoms with Crippen molar-refractivity contribution in [3.8, 4) is 5.75 Å². The summed E-state index contributed by atoms with van der Waals surface area (Å²) in [7, 11) is 0. The van der Waals surface area contributed by atoms with Crippen LogP contribution in [0.1, 0.15) is 23.2 Å². The van der Waals surface area contributed by atoms with Crippen LogP contribution in [0.15, 0.2) is 59.0 Å². The number of ether oxygens (including phenoxy) is 1. The van der Waals surface area contributed by atoms with E-state index >= 15 is 0 Å². The summed E-state index contributed by atoms with van der Waals surface area (Å²) >= 11 is 11.9. The lowest BCUT2D eigenvalue weighted by Gasteiger charge is -2.07. The average Bonchev–Trinajstić information content (AvgIpc) is 3.11. The van der Waals surface area contributed by atoms with E-state index in [1.807, 2.05) is 0 Å². The van der Waals surface area contributed by atoms with Crippen molar-refractivity contribution in [1.82, 2.24) is 0 Å². The number of furan rings is 1. The standard InChI is InChI=1S/C20H16Cl2N2O4/c1-12(25)23-14-3-5-15(6-4-14)24-20(26)19-9-7-16(28-19)11-27-18-8-2-13(21)10-17(18)22/h2-10H,11H2,1H3,(H,23,25)(H,24,26). The molecule has 28 heavy (non-hydrogen) atoms. The molecule has 3 rings (SSSR count). The first-order chi connectivity index (χ1) is 13.4. The molecule has 0 aliphatic rings. The lowest BCUT2D eigenvalue weighted by molar-refractivity contribution is -0.114. The zero-order chi connectivity index (χ0) is 20.1. The van der Waals surface area contributed by atoms with Crippen molar-refractivity contribution in [2.24, 2.45) is 0 Å². The first-order valence-corrected chi connectivity index (χ1v) is 9.02. The Morgan fingerprint density at radius 1 is 0.964 bits per heavy atom. The van der Waals surface area contributed by atoms with Crippen LogP contribution in [0.5, 0.6) is 5.75 Å². The van der Waals surface area contributed by atoms with Crippen molar-refractivity contribution in [3.63, 3.8) is 0 Å². The molecule has 3 aromatic rings. The van der Waals surface area contributed by atoms with Crippen LogP contribution < -0.4 is 15.4 Å². The van der Waals surface area contributed by atoms with Crippen LogP contribution >= 0.6 is 23.2 Å².